The molecule has 1 aliphatic carbocycles. The molecule has 1 amide bonds. The number of benzene rings is 2. The van der Waals surface area contributed by atoms with E-state index in [0.29, 0.717) is 0 Å². The van der Waals surface area contributed by atoms with Gasteiger partial charge in [-0.25, -0.2) is 9.59 Å². The van der Waals surface area contributed by atoms with Crippen LogP contribution in [0.1, 0.15) is 64.5 Å². The van der Waals surface area contributed by atoms with Gasteiger partial charge in [-0.2, -0.15) is 0 Å². The number of azide groups is 1. The molecule has 2 aromatic rings. The van der Waals surface area contributed by atoms with Gasteiger partial charge in [-0.05, 0) is 67.3 Å². The maximum absolute atomic E-state index is 13.1. The first-order valence-corrected chi connectivity index (χ1v) is 13.5. The van der Waals surface area contributed by atoms with Crippen molar-refractivity contribution in [1.82, 2.24) is 5.32 Å². The van der Waals surface area contributed by atoms with Gasteiger partial charge in [0.25, 0.3) is 0 Å². The molecule has 0 radical (unpaired) electrons. The summed E-state index contributed by atoms with van der Waals surface area (Å²) in [5, 5.41) is 6.13. The van der Waals surface area contributed by atoms with Crippen LogP contribution >= 0.6 is 0 Å². The van der Waals surface area contributed by atoms with Crippen LogP contribution in [0.3, 0.4) is 0 Å². The topological polar surface area (TPSA) is 140 Å². The fourth-order valence-corrected chi connectivity index (χ4v) is 4.64. The van der Waals surface area contributed by atoms with Crippen molar-refractivity contribution in [1.29, 1.82) is 0 Å². The Morgan fingerprint density at radius 1 is 1.00 bits per heavy atom. The lowest BCUT2D eigenvalue weighted by atomic mass is 9.98. The first-order valence-electron chi connectivity index (χ1n) is 13.5. The molecule has 10 nitrogen and oxygen atoms in total. The highest BCUT2D eigenvalue weighted by Crippen LogP contribution is 2.44. The number of nitrogens with one attached hydrogen (secondary N) is 1. The van der Waals surface area contributed by atoms with Gasteiger partial charge in [-0.1, -0.05) is 67.5 Å². The van der Waals surface area contributed by atoms with Gasteiger partial charge in [0.15, 0.2) is 6.10 Å². The molecule has 10 heteroatoms. The Kier molecular flexibility index (Phi) is 10.6. The van der Waals surface area contributed by atoms with E-state index in [1.165, 1.54) is 0 Å². The summed E-state index contributed by atoms with van der Waals surface area (Å²) < 4.78 is 16.6. The predicted molar refractivity (Wildman–Crippen MR) is 150 cm³/mol. The number of ether oxygens (including phenoxy) is 3. The van der Waals surface area contributed by atoms with Crippen molar-refractivity contribution in [3.05, 3.63) is 70.1 Å². The van der Waals surface area contributed by atoms with Crippen molar-refractivity contribution in [2.24, 2.45) is 17.0 Å². The number of hydrogen-bond acceptors (Lipinski definition) is 7. The lowest BCUT2D eigenvalue weighted by molar-refractivity contribution is -0.178. The van der Waals surface area contributed by atoms with E-state index in [-0.39, 0.29) is 44.4 Å². The molecule has 0 aliphatic heterocycles. The predicted octanol–water partition coefficient (Wildman–Crippen LogP) is 6.14. The Bertz CT molecular complexity index is 1200. The molecule has 3 rings (SSSR count). The van der Waals surface area contributed by atoms with Gasteiger partial charge in [0.2, 0.25) is 0 Å². The molecule has 0 fully saturated rings. The van der Waals surface area contributed by atoms with Crippen LogP contribution in [0.15, 0.2) is 53.6 Å². The normalized spacial score (nSPS) is 13.8. The number of hydrogen-bond donors (Lipinski definition) is 1. The van der Waals surface area contributed by atoms with Crippen LogP contribution in [0, 0.1) is 11.8 Å². The minimum atomic E-state index is -1.09. The zero-order valence-electron chi connectivity index (χ0n) is 23.8. The van der Waals surface area contributed by atoms with Crippen LogP contribution in [0.4, 0.5) is 4.79 Å². The molecular formula is C30H38N4O6. The van der Waals surface area contributed by atoms with E-state index in [1.807, 2.05) is 50.2 Å². The van der Waals surface area contributed by atoms with Crippen molar-refractivity contribution in [3.8, 4) is 11.1 Å². The second-order valence-electron chi connectivity index (χ2n) is 11.2. The minimum Gasteiger partial charge on any atom is -0.457 e. The summed E-state index contributed by atoms with van der Waals surface area (Å²) in [6.07, 6.45) is -1.38. The van der Waals surface area contributed by atoms with Crippen LogP contribution in [0.5, 0.6) is 0 Å². The van der Waals surface area contributed by atoms with E-state index in [0.717, 1.165) is 22.3 Å². The molecule has 0 bridgehead atoms. The molecule has 0 unspecified atom stereocenters. The van der Waals surface area contributed by atoms with Crippen LogP contribution in [-0.4, -0.2) is 49.4 Å². The van der Waals surface area contributed by atoms with Gasteiger partial charge in [0.05, 0.1) is 5.92 Å². The second kappa shape index (κ2) is 13.8. The average molecular weight is 551 g/mol. The smallest absolute Gasteiger partial charge is 0.407 e. The van der Waals surface area contributed by atoms with Gasteiger partial charge < -0.3 is 19.5 Å². The van der Waals surface area contributed by atoms with Gasteiger partial charge in [0, 0.05) is 23.9 Å². The van der Waals surface area contributed by atoms with E-state index in [2.05, 4.69) is 27.5 Å². The molecule has 0 saturated heterocycles. The Hall–Kier alpha value is -4.04. The monoisotopic (exact) mass is 550 g/mol. The number of rotatable bonds is 12. The zero-order chi connectivity index (χ0) is 29.3. The molecule has 0 spiro atoms. The third-order valence-corrected chi connectivity index (χ3v) is 6.42. The van der Waals surface area contributed by atoms with Crippen molar-refractivity contribution in [3.63, 3.8) is 0 Å². The van der Waals surface area contributed by atoms with E-state index >= 15 is 0 Å². The third kappa shape index (κ3) is 8.48. The fraction of sp³-hybridized carbons (Fsp3) is 0.500. The molecule has 2 aromatic carbocycles. The van der Waals surface area contributed by atoms with Crippen molar-refractivity contribution in [2.75, 3.05) is 19.7 Å². The lowest BCUT2D eigenvalue weighted by Gasteiger charge is -2.26. The number of alkyl carbamates (subject to hydrolysis) is 1. The first-order chi connectivity index (χ1) is 19.0. The van der Waals surface area contributed by atoms with Crippen molar-refractivity contribution < 1.29 is 28.6 Å². The summed E-state index contributed by atoms with van der Waals surface area (Å²) in [7, 11) is 0. The van der Waals surface area contributed by atoms with Gasteiger partial charge in [-0.3, -0.25) is 4.79 Å². The highest BCUT2D eigenvalue weighted by molar-refractivity contribution is 5.81. The van der Waals surface area contributed by atoms with Crippen LogP contribution in [-0.2, 0) is 23.8 Å². The summed E-state index contributed by atoms with van der Waals surface area (Å²) in [6.45, 7) is 9.05. The molecule has 0 saturated carbocycles. The molecule has 0 heterocycles. The largest absolute Gasteiger partial charge is 0.457 e. The lowest BCUT2D eigenvalue weighted by Crippen LogP contribution is -2.40. The average Bonchev–Trinajstić information content (AvgIpc) is 3.21. The highest BCUT2D eigenvalue weighted by Gasteiger charge is 2.33. The summed E-state index contributed by atoms with van der Waals surface area (Å²) in [5.41, 5.74) is 12.3. The minimum absolute atomic E-state index is 0.0178. The third-order valence-electron chi connectivity index (χ3n) is 6.42. The molecule has 40 heavy (non-hydrogen) atoms. The van der Waals surface area contributed by atoms with E-state index in [4.69, 9.17) is 19.7 Å². The van der Waals surface area contributed by atoms with Crippen LogP contribution in [0.2, 0.25) is 0 Å². The summed E-state index contributed by atoms with van der Waals surface area (Å²) in [4.78, 5) is 41.2. The fourth-order valence-electron chi connectivity index (χ4n) is 4.64. The van der Waals surface area contributed by atoms with Crippen LogP contribution < -0.4 is 5.32 Å². The number of amides is 1. The van der Waals surface area contributed by atoms with Crippen molar-refractivity contribution >= 4 is 18.0 Å². The number of nitrogens with zero attached hydrogens (tertiary/aromatic N) is 3. The molecule has 2 atom stereocenters. The summed E-state index contributed by atoms with van der Waals surface area (Å²) in [6, 6.07) is 16.0. The zero-order valence-corrected chi connectivity index (χ0v) is 23.8. The van der Waals surface area contributed by atoms with Gasteiger partial charge >= 0.3 is 18.0 Å². The number of fused-ring (bicyclic) bond motifs is 3. The standard InChI is InChI=1S/C30H38N4O6/c1-19(2)16-26(28(36)40-30(3,4)5)39-27(35)20(14-15-33-34-31)17-32-29(37)38-18-25-23-12-8-6-10-21(23)22-11-7-9-13-24(22)25/h6-13,19-20,25-26H,14-18H2,1-5H3,(H,32,37)/t20-,26+/m1/s1. The molecule has 1 N–H and O–H groups in total. The SMILES string of the molecule is CC(C)C[C@H](OC(=O)[C@H](CCN=[N+]=[N-])CNC(=O)OCC1c2ccccc2-c2ccccc21)C(=O)OC(C)(C)C. The van der Waals surface area contributed by atoms with Gasteiger partial charge in [0.1, 0.15) is 12.2 Å². The Balaban J connectivity index is 1.63. The Labute approximate surface area is 235 Å². The second-order valence-corrected chi connectivity index (χ2v) is 11.2. The molecule has 0 aromatic heterocycles. The maximum Gasteiger partial charge on any atom is 0.407 e. The molecular weight excluding hydrogens is 512 g/mol. The van der Waals surface area contributed by atoms with Crippen molar-refractivity contribution in [2.45, 2.75) is 65.1 Å². The number of esters is 2. The maximum atomic E-state index is 13.1. The van der Waals surface area contributed by atoms with E-state index < -0.39 is 35.7 Å². The Morgan fingerprint density at radius 2 is 1.60 bits per heavy atom. The van der Waals surface area contributed by atoms with E-state index in [1.54, 1.807) is 20.8 Å². The quantitative estimate of drug-likeness (QED) is 0.111. The first kappa shape index (κ1) is 30.5. The molecule has 214 valence electrons. The summed E-state index contributed by atoms with van der Waals surface area (Å²) >= 11 is 0. The Morgan fingerprint density at radius 3 is 2.15 bits per heavy atom. The van der Waals surface area contributed by atoms with Crippen LogP contribution in [0.25, 0.3) is 21.6 Å². The number of carbonyl (C=O) groups is 3. The summed E-state index contributed by atoms with van der Waals surface area (Å²) in [5.74, 6) is -2.22. The molecule has 1 aliphatic rings. The van der Waals surface area contributed by atoms with Gasteiger partial charge in [-0.15, -0.1) is 0 Å². The number of carbonyl (C=O) groups excluding carboxylic acids is 3. The van der Waals surface area contributed by atoms with E-state index in [9.17, 15) is 14.4 Å². The highest BCUT2D eigenvalue weighted by atomic mass is 16.6.